The van der Waals surface area contributed by atoms with Crippen LogP contribution >= 0.6 is 0 Å². The summed E-state index contributed by atoms with van der Waals surface area (Å²) in [7, 11) is -5.58. The van der Waals surface area contributed by atoms with Gasteiger partial charge in [-0.2, -0.15) is 13.2 Å². The van der Waals surface area contributed by atoms with Crippen LogP contribution in [0.5, 0.6) is 0 Å². The van der Waals surface area contributed by atoms with E-state index >= 15 is 0 Å². The number of imide groups is 1. The number of nitrogens with zero attached hydrogens (tertiary/aromatic N) is 3. The highest BCUT2D eigenvalue weighted by Gasteiger charge is 2.52. The molecule has 0 bridgehead atoms. The van der Waals surface area contributed by atoms with Crippen LogP contribution in [0.15, 0.2) is 47.5 Å². The zero-order chi connectivity index (χ0) is 25.5. The van der Waals surface area contributed by atoms with Crippen molar-refractivity contribution in [3.8, 4) is 0 Å². The number of carbonyl (C=O) groups is 3. The lowest BCUT2D eigenvalue weighted by Gasteiger charge is -2.27. The summed E-state index contributed by atoms with van der Waals surface area (Å²) in [5.74, 6) is -1.31. The van der Waals surface area contributed by atoms with Gasteiger partial charge in [0.25, 0.3) is 15.7 Å². The van der Waals surface area contributed by atoms with Crippen molar-refractivity contribution in [3.63, 3.8) is 0 Å². The Kier molecular flexibility index (Phi) is 6.44. The number of hydrogen-bond acceptors (Lipinski definition) is 7. The average Bonchev–Trinajstić information content (AvgIpc) is 2.93. The zero-order valence-electron chi connectivity index (χ0n) is 18.3. The van der Waals surface area contributed by atoms with Crippen LogP contribution in [0.1, 0.15) is 36.8 Å². The fourth-order valence-corrected chi connectivity index (χ4v) is 4.07. The number of aromatic nitrogens is 1. The van der Waals surface area contributed by atoms with Gasteiger partial charge in [0.1, 0.15) is 11.2 Å². The van der Waals surface area contributed by atoms with Crippen molar-refractivity contribution >= 4 is 33.4 Å². The molecule has 9 nitrogen and oxygen atoms in total. The fraction of sp³-hybridized carbons (Fsp3) is 0.333. The maximum atomic E-state index is 13.1. The van der Waals surface area contributed by atoms with Gasteiger partial charge in [0.15, 0.2) is 0 Å². The van der Waals surface area contributed by atoms with Crippen LogP contribution in [0.25, 0.3) is 0 Å². The van der Waals surface area contributed by atoms with E-state index in [1.807, 2.05) is 0 Å². The second-order valence-electron chi connectivity index (χ2n) is 7.78. The number of pyridine rings is 1. The van der Waals surface area contributed by atoms with Crippen LogP contribution in [0, 0.1) is 0 Å². The highest BCUT2D eigenvalue weighted by Crippen LogP contribution is 2.35. The summed E-state index contributed by atoms with van der Waals surface area (Å²) in [4.78, 5) is 43.0. The van der Waals surface area contributed by atoms with Gasteiger partial charge >= 0.3 is 17.5 Å². The minimum Gasteiger partial charge on any atom is -0.461 e. The molecule has 0 N–H and O–H groups in total. The predicted octanol–water partition coefficient (Wildman–Crippen LogP) is 3.30. The number of rotatable bonds is 6. The monoisotopic (exact) mass is 499 g/mol. The highest BCUT2D eigenvalue weighted by atomic mass is 32.2. The van der Waals surface area contributed by atoms with Gasteiger partial charge in [-0.3, -0.25) is 4.79 Å². The van der Waals surface area contributed by atoms with E-state index in [9.17, 15) is 36.0 Å². The van der Waals surface area contributed by atoms with Crippen LogP contribution < -0.4 is 4.90 Å². The molecule has 0 radical (unpaired) electrons. The normalized spacial score (nSPS) is 16.2. The lowest BCUT2D eigenvalue weighted by molar-refractivity contribution is -0.123. The van der Waals surface area contributed by atoms with E-state index in [2.05, 4.69) is 4.98 Å². The second kappa shape index (κ2) is 8.70. The van der Waals surface area contributed by atoms with E-state index < -0.39 is 43.7 Å². The Balaban J connectivity index is 1.90. The average molecular weight is 499 g/mol. The number of sulfone groups is 1. The number of ether oxygens (including phenoxy) is 1. The first-order valence-corrected chi connectivity index (χ1v) is 11.4. The lowest BCUT2D eigenvalue weighted by Crippen LogP contribution is -2.43. The maximum absolute atomic E-state index is 13.1. The maximum Gasteiger partial charge on any atom is 0.501 e. The van der Waals surface area contributed by atoms with E-state index in [1.165, 1.54) is 31.0 Å². The van der Waals surface area contributed by atoms with Gasteiger partial charge < -0.3 is 9.64 Å². The van der Waals surface area contributed by atoms with Crippen LogP contribution in [0.3, 0.4) is 0 Å². The quantitative estimate of drug-likeness (QED) is 0.443. The summed E-state index contributed by atoms with van der Waals surface area (Å²) in [6.07, 6.45) is 1.36. The molecule has 1 aromatic heterocycles. The molecular weight excluding hydrogens is 479 g/mol. The van der Waals surface area contributed by atoms with E-state index in [4.69, 9.17) is 4.74 Å². The SMILES string of the molecule is CCOC(=O)c1cc(CN2C(=O)N(c3ccc(S(=O)(=O)C(F)(F)F)cc3)C(=O)C2(C)C)ccn1. The molecule has 3 amide bonds. The summed E-state index contributed by atoms with van der Waals surface area (Å²) < 4.78 is 66.4. The summed E-state index contributed by atoms with van der Waals surface area (Å²) in [5.41, 5.74) is -6.41. The van der Waals surface area contributed by atoms with Gasteiger partial charge in [0.2, 0.25) is 0 Å². The van der Waals surface area contributed by atoms with Crippen molar-refractivity contribution in [1.29, 1.82) is 0 Å². The van der Waals surface area contributed by atoms with Gasteiger partial charge in [0.05, 0.1) is 17.2 Å². The summed E-state index contributed by atoms with van der Waals surface area (Å²) in [6, 6.07) is 5.49. The molecule has 2 heterocycles. The van der Waals surface area contributed by atoms with Gasteiger partial charge in [-0.25, -0.2) is 27.9 Å². The Labute approximate surface area is 193 Å². The molecule has 182 valence electrons. The van der Waals surface area contributed by atoms with Gasteiger partial charge in [-0.15, -0.1) is 0 Å². The third-order valence-electron chi connectivity index (χ3n) is 5.18. The van der Waals surface area contributed by atoms with Crippen LogP contribution in [-0.2, 0) is 25.9 Å². The Bertz CT molecular complexity index is 1240. The largest absolute Gasteiger partial charge is 0.501 e. The first-order valence-electron chi connectivity index (χ1n) is 9.91. The zero-order valence-corrected chi connectivity index (χ0v) is 19.1. The Morgan fingerprint density at radius 2 is 1.74 bits per heavy atom. The molecule has 1 aliphatic heterocycles. The number of amides is 3. The molecule has 13 heteroatoms. The van der Waals surface area contributed by atoms with Gasteiger partial charge in [0, 0.05) is 12.7 Å². The standard InChI is InChI=1S/C21H20F3N3O6S/c1-4-33-17(28)16-11-13(9-10-25-16)12-26-19(30)27(18(29)20(26,2)3)14-5-7-15(8-6-14)34(31,32)21(22,23)24/h5-11H,4,12H2,1-3H3. The molecule has 3 rings (SSSR count). The lowest BCUT2D eigenvalue weighted by atomic mass is 10.0. The van der Waals surface area contributed by atoms with Gasteiger partial charge in [-0.05, 0) is 62.7 Å². The molecule has 0 saturated carbocycles. The minimum absolute atomic E-state index is 0.0217. The summed E-state index contributed by atoms with van der Waals surface area (Å²) in [6.45, 7) is 4.68. The van der Waals surface area contributed by atoms with E-state index in [0.717, 1.165) is 17.0 Å². The number of alkyl halides is 3. The third-order valence-corrected chi connectivity index (χ3v) is 6.69. The molecule has 34 heavy (non-hydrogen) atoms. The van der Waals surface area contributed by atoms with E-state index in [-0.39, 0.29) is 24.5 Å². The second-order valence-corrected chi connectivity index (χ2v) is 9.72. The van der Waals surface area contributed by atoms with Crippen molar-refractivity contribution in [1.82, 2.24) is 9.88 Å². The van der Waals surface area contributed by atoms with Crippen molar-refractivity contribution in [2.24, 2.45) is 0 Å². The summed E-state index contributed by atoms with van der Waals surface area (Å²) in [5, 5.41) is 0. The van der Waals surface area contributed by atoms with Crippen molar-refractivity contribution in [2.45, 2.75) is 43.3 Å². The van der Waals surface area contributed by atoms with Crippen molar-refractivity contribution < 1.29 is 40.7 Å². The number of benzene rings is 1. The minimum atomic E-state index is -5.58. The molecule has 0 unspecified atom stereocenters. The van der Waals surface area contributed by atoms with E-state index in [0.29, 0.717) is 17.7 Å². The third kappa shape index (κ3) is 4.34. The Hall–Kier alpha value is -3.48. The first-order chi connectivity index (χ1) is 15.7. The molecule has 1 aliphatic rings. The number of hydrogen-bond donors (Lipinski definition) is 0. The number of esters is 1. The molecular formula is C21H20F3N3O6S. The van der Waals surface area contributed by atoms with Crippen molar-refractivity contribution in [3.05, 3.63) is 53.9 Å². The smallest absolute Gasteiger partial charge is 0.461 e. The molecule has 2 aromatic rings. The predicted molar refractivity (Wildman–Crippen MR) is 112 cm³/mol. The van der Waals surface area contributed by atoms with Crippen LogP contribution in [0.2, 0.25) is 0 Å². The van der Waals surface area contributed by atoms with Crippen LogP contribution in [-0.4, -0.2) is 53.9 Å². The molecule has 0 aliphatic carbocycles. The topological polar surface area (TPSA) is 114 Å². The van der Waals surface area contributed by atoms with E-state index in [1.54, 1.807) is 13.0 Å². The van der Waals surface area contributed by atoms with Crippen LogP contribution in [0.4, 0.5) is 23.7 Å². The first kappa shape index (κ1) is 25.1. The number of urea groups is 1. The van der Waals surface area contributed by atoms with Gasteiger partial charge in [-0.1, -0.05) is 0 Å². The number of anilines is 1. The molecule has 0 atom stereocenters. The molecule has 0 spiro atoms. The summed E-state index contributed by atoms with van der Waals surface area (Å²) >= 11 is 0. The Morgan fingerprint density at radius 3 is 2.29 bits per heavy atom. The molecule has 1 aromatic carbocycles. The molecule has 1 fully saturated rings. The Morgan fingerprint density at radius 1 is 1.12 bits per heavy atom. The van der Waals surface area contributed by atoms with Crippen molar-refractivity contribution in [2.75, 3.05) is 11.5 Å². The highest BCUT2D eigenvalue weighted by molar-refractivity contribution is 7.92. The molecule has 1 saturated heterocycles. The fourth-order valence-electron chi connectivity index (χ4n) is 3.31. The number of carbonyl (C=O) groups excluding carboxylic acids is 3. The number of halogens is 3.